The molecule has 2 fully saturated rings. The highest BCUT2D eigenvalue weighted by Gasteiger charge is 2.57. The molecule has 29 heavy (non-hydrogen) atoms. The van der Waals surface area contributed by atoms with Crippen LogP contribution in [0.25, 0.3) is 0 Å². The molecule has 0 unspecified atom stereocenters. The average molecular weight is 399 g/mol. The van der Waals surface area contributed by atoms with Crippen LogP contribution in [0.5, 0.6) is 0 Å². The Morgan fingerprint density at radius 2 is 2.00 bits per heavy atom. The number of hydrogen-bond acceptors (Lipinski definition) is 5. The highest BCUT2D eigenvalue weighted by Crippen LogP contribution is 2.54. The molecule has 156 valence electrons. The molecule has 1 saturated heterocycles. The van der Waals surface area contributed by atoms with Gasteiger partial charge in [-0.05, 0) is 61.6 Å². The van der Waals surface area contributed by atoms with Gasteiger partial charge in [-0.15, -0.1) is 0 Å². The van der Waals surface area contributed by atoms with Gasteiger partial charge < -0.3 is 15.1 Å². The minimum absolute atomic E-state index is 0.00819. The second-order valence-electron chi connectivity index (χ2n) is 8.49. The number of aromatic nitrogens is 1. The Morgan fingerprint density at radius 3 is 2.72 bits per heavy atom. The molecule has 1 saturated carbocycles. The van der Waals surface area contributed by atoms with Crippen molar-refractivity contribution in [1.29, 1.82) is 0 Å². The van der Waals surface area contributed by atoms with Crippen LogP contribution in [0, 0.1) is 11.3 Å². The van der Waals surface area contributed by atoms with E-state index >= 15 is 0 Å². The Labute approximate surface area is 171 Å². The van der Waals surface area contributed by atoms with Crippen molar-refractivity contribution in [1.82, 2.24) is 15.2 Å². The molecule has 3 aliphatic rings. The predicted molar refractivity (Wildman–Crippen MR) is 109 cm³/mol. The maximum Gasteiger partial charge on any atom is 0.269 e. The van der Waals surface area contributed by atoms with Crippen LogP contribution in [0.3, 0.4) is 0 Å². The molecule has 1 aromatic heterocycles. The number of oxime groups is 1. The summed E-state index contributed by atoms with van der Waals surface area (Å²) in [5, 5.41) is 7.21. The van der Waals surface area contributed by atoms with E-state index in [4.69, 9.17) is 4.84 Å². The Hall–Kier alpha value is -2.44. The molecule has 1 spiro atoms. The summed E-state index contributed by atoms with van der Waals surface area (Å²) in [6, 6.07) is 3.91. The lowest BCUT2D eigenvalue weighted by molar-refractivity contribution is -0.134. The fraction of sp³-hybridized carbons (Fsp3) is 0.636. The van der Waals surface area contributed by atoms with Crippen LogP contribution in [0.2, 0.25) is 0 Å². The summed E-state index contributed by atoms with van der Waals surface area (Å²) in [7, 11) is 0. The number of nitrogens with one attached hydrogen (secondary N) is 1. The highest BCUT2D eigenvalue weighted by molar-refractivity contribution is 6.40. The van der Waals surface area contributed by atoms with E-state index in [1.165, 1.54) is 0 Å². The number of fused-ring (bicyclic) bond motifs is 2. The van der Waals surface area contributed by atoms with Gasteiger partial charge in [0.2, 0.25) is 5.91 Å². The second kappa shape index (κ2) is 8.51. The lowest BCUT2D eigenvalue weighted by Gasteiger charge is -2.42. The summed E-state index contributed by atoms with van der Waals surface area (Å²) in [4.78, 5) is 36.8. The van der Waals surface area contributed by atoms with Gasteiger partial charge in [-0.3, -0.25) is 14.6 Å². The molecule has 7 nitrogen and oxygen atoms in total. The Bertz CT molecular complexity index is 772. The number of pyridine rings is 1. The maximum absolute atomic E-state index is 12.9. The topological polar surface area (TPSA) is 83.9 Å². The molecule has 1 aliphatic carbocycles. The normalized spacial score (nSPS) is 24.7. The quantitative estimate of drug-likeness (QED) is 0.797. The first-order valence-electron chi connectivity index (χ1n) is 10.8. The van der Waals surface area contributed by atoms with Gasteiger partial charge in [-0.1, -0.05) is 12.1 Å². The number of nitrogens with zero attached hydrogens (tertiary/aromatic N) is 3. The van der Waals surface area contributed by atoms with Crippen LogP contribution in [0.15, 0.2) is 29.7 Å². The SMILES string of the molecule is CCCC(=O)N1CCC2(CC[C@@H]3ON=C(C(=O)NCCc4ccncc4)[C@@H]32)CC1. The summed E-state index contributed by atoms with van der Waals surface area (Å²) in [5.74, 6) is 0.187. The molecule has 0 aromatic carbocycles. The first-order valence-corrected chi connectivity index (χ1v) is 10.8. The minimum Gasteiger partial charge on any atom is -0.391 e. The van der Waals surface area contributed by atoms with Crippen molar-refractivity contribution < 1.29 is 14.4 Å². The zero-order chi connectivity index (χ0) is 20.3. The van der Waals surface area contributed by atoms with E-state index in [0.717, 1.165) is 57.2 Å². The summed E-state index contributed by atoms with van der Waals surface area (Å²) in [6.45, 7) is 4.15. The molecule has 0 radical (unpaired) electrons. The predicted octanol–water partition coefficient (Wildman–Crippen LogP) is 2.31. The van der Waals surface area contributed by atoms with Crippen LogP contribution in [-0.2, 0) is 20.8 Å². The van der Waals surface area contributed by atoms with E-state index in [1.54, 1.807) is 12.4 Å². The van der Waals surface area contributed by atoms with Crippen molar-refractivity contribution >= 4 is 17.5 Å². The van der Waals surface area contributed by atoms with Crippen molar-refractivity contribution in [3.63, 3.8) is 0 Å². The lowest BCUT2D eigenvalue weighted by atomic mass is 9.68. The fourth-order valence-corrected chi connectivity index (χ4v) is 5.18. The molecule has 7 heteroatoms. The molecule has 2 amide bonds. The third kappa shape index (κ3) is 4.00. The van der Waals surface area contributed by atoms with Crippen molar-refractivity contribution in [2.24, 2.45) is 16.5 Å². The minimum atomic E-state index is -0.114. The molecular weight excluding hydrogens is 368 g/mol. The van der Waals surface area contributed by atoms with E-state index < -0.39 is 0 Å². The summed E-state index contributed by atoms with van der Waals surface area (Å²) >= 11 is 0. The van der Waals surface area contributed by atoms with E-state index in [2.05, 4.69) is 15.5 Å². The standard InChI is InChI=1S/C22H30N4O3/c1-2-3-18(27)26-14-9-22(10-15-26)8-4-17-19(22)20(25-29-17)21(28)24-13-7-16-5-11-23-12-6-16/h5-6,11-12,17,19H,2-4,7-10,13-15H2,1H3,(H,24,28)/t17-,19+/m0/s1. The smallest absolute Gasteiger partial charge is 0.269 e. The van der Waals surface area contributed by atoms with E-state index in [-0.39, 0.29) is 29.3 Å². The van der Waals surface area contributed by atoms with E-state index in [9.17, 15) is 9.59 Å². The van der Waals surface area contributed by atoms with Gasteiger partial charge in [0.1, 0.15) is 6.10 Å². The first kappa shape index (κ1) is 19.9. The van der Waals surface area contributed by atoms with Gasteiger partial charge in [0.15, 0.2) is 5.71 Å². The monoisotopic (exact) mass is 398 g/mol. The Balaban J connectivity index is 1.36. The Morgan fingerprint density at radius 1 is 1.24 bits per heavy atom. The summed E-state index contributed by atoms with van der Waals surface area (Å²) in [5.41, 5.74) is 1.73. The molecular formula is C22H30N4O3. The molecule has 1 aromatic rings. The van der Waals surface area contributed by atoms with Crippen molar-refractivity contribution in [3.8, 4) is 0 Å². The zero-order valence-corrected chi connectivity index (χ0v) is 17.1. The molecule has 1 N–H and O–H groups in total. The molecule has 2 atom stereocenters. The summed E-state index contributed by atoms with van der Waals surface area (Å²) in [6.07, 6.45) is 9.63. The van der Waals surface area contributed by atoms with Gasteiger partial charge in [0, 0.05) is 38.4 Å². The van der Waals surface area contributed by atoms with Crippen LogP contribution < -0.4 is 5.32 Å². The average Bonchev–Trinajstić information content (AvgIpc) is 3.32. The first-order chi connectivity index (χ1) is 14.1. The molecule has 0 bridgehead atoms. The third-order valence-electron chi connectivity index (χ3n) is 6.80. The third-order valence-corrected chi connectivity index (χ3v) is 6.80. The Kier molecular flexibility index (Phi) is 5.83. The van der Waals surface area contributed by atoms with Crippen molar-refractivity contribution in [2.75, 3.05) is 19.6 Å². The second-order valence-corrected chi connectivity index (χ2v) is 8.49. The van der Waals surface area contributed by atoms with Gasteiger partial charge >= 0.3 is 0 Å². The lowest BCUT2D eigenvalue weighted by Crippen LogP contribution is -2.49. The number of hydrogen-bond donors (Lipinski definition) is 1. The van der Waals surface area contributed by atoms with Gasteiger partial charge in [-0.2, -0.15) is 0 Å². The van der Waals surface area contributed by atoms with Crippen LogP contribution >= 0.6 is 0 Å². The number of amides is 2. The number of likely N-dealkylation sites (tertiary alicyclic amines) is 1. The van der Waals surface area contributed by atoms with E-state index in [0.29, 0.717) is 18.7 Å². The molecule has 4 rings (SSSR count). The van der Waals surface area contributed by atoms with E-state index in [1.807, 2.05) is 24.0 Å². The number of rotatable bonds is 6. The van der Waals surface area contributed by atoms with Gasteiger partial charge in [-0.25, -0.2) is 0 Å². The zero-order valence-electron chi connectivity index (χ0n) is 17.1. The van der Waals surface area contributed by atoms with Gasteiger partial charge in [0.25, 0.3) is 5.91 Å². The maximum atomic E-state index is 12.9. The van der Waals surface area contributed by atoms with Crippen LogP contribution in [0.4, 0.5) is 0 Å². The molecule has 2 aliphatic heterocycles. The molecule has 3 heterocycles. The highest BCUT2D eigenvalue weighted by atomic mass is 16.6. The number of carbonyl (C=O) groups excluding carboxylic acids is 2. The van der Waals surface area contributed by atoms with Crippen LogP contribution in [-0.4, -0.2) is 53.1 Å². The number of carbonyl (C=O) groups is 2. The van der Waals surface area contributed by atoms with Crippen LogP contribution in [0.1, 0.15) is 51.0 Å². The largest absolute Gasteiger partial charge is 0.391 e. The summed E-state index contributed by atoms with van der Waals surface area (Å²) < 4.78 is 0. The number of piperidine rings is 1. The van der Waals surface area contributed by atoms with Gasteiger partial charge in [0.05, 0.1) is 5.92 Å². The van der Waals surface area contributed by atoms with Crippen molar-refractivity contribution in [3.05, 3.63) is 30.1 Å². The van der Waals surface area contributed by atoms with Crippen molar-refractivity contribution in [2.45, 2.75) is 58.0 Å². The fourth-order valence-electron chi connectivity index (χ4n) is 5.18.